The number of nitrogens with zero attached hydrogens (tertiary/aromatic N) is 5. The maximum Gasteiger partial charge on any atom is 0.417 e. The van der Waals surface area contributed by atoms with E-state index in [1.165, 1.54) is 25.3 Å². The number of aromatic hydroxyl groups is 1. The minimum Gasteiger partial charge on any atom is -0.508 e. The minimum atomic E-state index is -4.69. The first kappa shape index (κ1) is 37.4. The molecule has 2 aliphatic heterocycles. The number of piperidine rings is 2. The highest BCUT2D eigenvalue weighted by Crippen LogP contribution is 2.54. The molecule has 2 saturated heterocycles. The van der Waals surface area contributed by atoms with E-state index in [-0.39, 0.29) is 88.6 Å². The summed E-state index contributed by atoms with van der Waals surface area (Å²) in [5, 5.41) is 32.6. The van der Waals surface area contributed by atoms with E-state index in [9.17, 15) is 28.5 Å². The molecule has 0 bridgehead atoms. The van der Waals surface area contributed by atoms with E-state index in [2.05, 4.69) is 20.8 Å². The van der Waals surface area contributed by atoms with Crippen LogP contribution in [0.15, 0.2) is 24.3 Å². The fourth-order valence-electron chi connectivity index (χ4n) is 9.65. The molecule has 2 aromatic carbocycles. The topological polar surface area (TPSA) is 124 Å². The van der Waals surface area contributed by atoms with Crippen molar-refractivity contribution >= 4 is 27.5 Å². The van der Waals surface area contributed by atoms with E-state index >= 15 is 8.78 Å². The van der Waals surface area contributed by atoms with E-state index in [1.54, 1.807) is 11.8 Å². The lowest BCUT2D eigenvalue weighted by molar-refractivity contribution is -0.303. The summed E-state index contributed by atoms with van der Waals surface area (Å²) < 4.78 is 85.0. The van der Waals surface area contributed by atoms with Crippen LogP contribution in [-0.2, 0) is 0 Å². The molecular formula is C40H42F5N5O5. The number of likely N-dealkylation sites (tertiary alicyclic amines) is 1. The number of fused-ring (bicyclic) bond motifs is 3. The average Bonchev–Trinajstić information content (AvgIpc) is 3.56. The van der Waals surface area contributed by atoms with Crippen LogP contribution in [0.4, 0.5) is 27.8 Å². The van der Waals surface area contributed by atoms with Gasteiger partial charge in [-0.1, -0.05) is 18.4 Å². The second kappa shape index (κ2) is 13.3. The van der Waals surface area contributed by atoms with Gasteiger partial charge in [0.05, 0.1) is 24.9 Å². The zero-order valence-electron chi connectivity index (χ0n) is 30.5. The maximum atomic E-state index is 17.2. The van der Waals surface area contributed by atoms with Gasteiger partial charge in [-0.2, -0.15) is 23.1 Å². The third kappa shape index (κ3) is 6.26. The summed E-state index contributed by atoms with van der Waals surface area (Å²) in [4.78, 5) is 17.8. The molecule has 4 aromatic rings. The van der Waals surface area contributed by atoms with Crippen molar-refractivity contribution in [2.45, 2.75) is 94.2 Å². The fourth-order valence-corrected chi connectivity index (χ4v) is 9.65. The predicted octanol–water partition coefficient (Wildman–Crippen LogP) is 6.64. The average molecular weight is 768 g/mol. The van der Waals surface area contributed by atoms with Gasteiger partial charge in [-0.05, 0) is 75.6 Å². The number of phenolic OH excluding ortho intramolecular Hbond substituents is 1. The first-order chi connectivity index (χ1) is 26.1. The van der Waals surface area contributed by atoms with Crippen LogP contribution in [0.25, 0.3) is 32.9 Å². The molecule has 3 N–H and O–H groups in total. The van der Waals surface area contributed by atoms with Crippen molar-refractivity contribution in [3.63, 3.8) is 0 Å². The molecule has 4 heterocycles. The predicted molar refractivity (Wildman–Crippen MR) is 194 cm³/mol. The van der Waals surface area contributed by atoms with Crippen molar-refractivity contribution in [1.82, 2.24) is 19.9 Å². The SMILES string of the molecule is C#Cc1c(F)ccc2cc(O)cc(-c3nc(OC)c4c(N5CCCC(C)(O)C5)nc(OCC56CCCC5N(C5CC(O)(C(F)(F)F)C5)CCC6)nc4c3F)c12. The van der Waals surface area contributed by atoms with Crippen LogP contribution in [0.3, 0.4) is 0 Å². The van der Waals surface area contributed by atoms with Crippen LogP contribution in [0.2, 0.25) is 0 Å². The third-order valence-electron chi connectivity index (χ3n) is 12.3. The number of phenols is 1. The van der Waals surface area contributed by atoms with Crippen LogP contribution < -0.4 is 14.4 Å². The van der Waals surface area contributed by atoms with Crippen molar-refractivity contribution in [1.29, 1.82) is 0 Å². The molecule has 2 aliphatic carbocycles. The zero-order valence-corrected chi connectivity index (χ0v) is 30.5. The number of anilines is 1. The number of halogens is 5. The fraction of sp³-hybridized carbons (Fsp3) is 0.525. The monoisotopic (exact) mass is 767 g/mol. The Morgan fingerprint density at radius 1 is 1.00 bits per heavy atom. The molecule has 3 atom stereocenters. The normalized spacial score (nSPS) is 28.5. The minimum absolute atomic E-state index is 0.00656. The van der Waals surface area contributed by atoms with E-state index in [1.807, 2.05) is 0 Å². The van der Waals surface area contributed by atoms with E-state index in [4.69, 9.17) is 20.9 Å². The van der Waals surface area contributed by atoms with Crippen LogP contribution in [-0.4, -0.2) is 98.0 Å². The van der Waals surface area contributed by atoms with Crippen molar-refractivity contribution in [2.24, 2.45) is 5.41 Å². The Kier molecular flexibility index (Phi) is 9.05. The van der Waals surface area contributed by atoms with Crippen LogP contribution in [0.1, 0.15) is 70.3 Å². The Morgan fingerprint density at radius 2 is 1.75 bits per heavy atom. The molecule has 0 amide bonds. The maximum absolute atomic E-state index is 17.2. The Morgan fingerprint density at radius 3 is 2.45 bits per heavy atom. The largest absolute Gasteiger partial charge is 0.508 e. The quantitative estimate of drug-likeness (QED) is 0.139. The van der Waals surface area contributed by atoms with Gasteiger partial charge in [-0.25, -0.2) is 13.8 Å². The van der Waals surface area contributed by atoms with Crippen LogP contribution in [0.5, 0.6) is 17.6 Å². The van der Waals surface area contributed by atoms with Crippen LogP contribution >= 0.6 is 0 Å². The number of pyridine rings is 1. The summed E-state index contributed by atoms with van der Waals surface area (Å²) in [5.41, 5.74) is -4.89. The van der Waals surface area contributed by atoms with Crippen molar-refractivity contribution in [3.8, 4) is 41.2 Å². The van der Waals surface area contributed by atoms with Gasteiger partial charge in [-0.15, -0.1) is 6.42 Å². The Bertz CT molecular complexity index is 2220. The zero-order chi connectivity index (χ0) is 39.1. The molecule has 10 nitrogen and oxygen atoms in total. The lowest BCUT2D eigenvalue weighted by atomic mass is 9.69. The standard InChI is InChI=1S/C40H42F5N5O5/c1-4-25-27(41)10-9-22-16-24(51)17-26(29(22)25)32-31(42)33-30(35(46-32)54-3)34(49-14-6-11-37(2,52)20-49)48-36(47-33)55-21-38-12-5-8-28(38)50(15-7-13-38)23-18-39(53,19-23)40(43,44)45/h1,9-10,16-17,23,28,51-53H,5-8,11-15,18-21H2,2-3H3. The molecule has 55 heavy (non-hydrogen) atoms. The summed E-state index contributed by atoms with van der Waals surface area (Å²) in [6.07, 6.45) is 5.26. The number of terminal acetylenes is 1. The highest BCUT2D eigenvalue weighted by Gasteiger charge is 2.64. The molecule has 0 radical (unpaired) electrons. The molecular weight excluding hydrogens is 725 g/mol. The summed E-state index contributed by atoms with van der Waals surface area (Å²) in [5.74, 6) is 0.601. The number of methoxy groups -OCH3 is 1. The molecule has 3 unspecified atom stereocenters. The number of ether oxygens (including phenoxy) is 2. The number of benzene rings is 2. The second-order valence-corrected chi connectivity index (χ2v) is 16.0. The molecule has 4 aliphatic rings. The van der Waals surface area contributed by atoms with Gasteiger partial charge in [0.15, 0.2) is 11.4 Å². The van der Waals surface area contributed by atoms with Crippen molar-refractivity contribution < 1.29 is 46.7 Å². The molecule has 8 rings (SSSR count). The van der Waals surface area contributed by atoms with Gasteiger partial charge >= 0.3 is 12.2 Å². The lowest BCUT2D eigenvalue weighted by Gasteiger charge is -2.55. The molecule has 2 saturated carbocycles. The molecule has 292 valence electrons. The number of rotatable bonds is 7. The van der Waals surface area contributed by atoms with Gasteiger partial charge in [0.1, 0.15) is 34.0 Å². The summed E-state index contributed by atoms with van der Waals surface area (Å²) in [6, 6.07) is 4.56. The molecule has 0 spiro atoms. The highest BCUT2D eigenvalue weighted by molar-refractivity contribution is 6.04. The molecule has 4 fully saturated rings. The summed E-state index contributed by atoms with van der Waals surface area (Å²) in [6.45, 7) is 3.05. The summed E-state index contributed by atoms with van der Waals surface area (Å²) in [7, 11) is 1.35. The van der Waals surface area contributed by atoms with E-state index in [0.717, 1.165) is 38.2 Å². The lowest BCUT2D eigenvalue weighted by Crippen LogP contribution is -2.66. The number of aliphatic hydroxyl groups is 2. The van der Waals surface area contributed by atoms with E-state index < -0.39 is 40.5 Å². The second-order valence-electron chi connectivity index (χ2n) is 16.0. The number of hydrogen-bond acceptors (Lipinski definition) is 10. The highest BCUT2D eigenvalue weighted by atomic mass is 19.4. The summed E-state index contributed by atoms with van der Waals surface area (Å²) >= 11 is 0. The van der Waals surface area contributed by atoms with Gasteiger partial charge in [0.2, 0.25) is 5.88 Å². The Hall–Kier alpha value is -4.52. The third-order valence-corrected chi connectivity index (χ3v) is 12.3. The first-order valence-electron chi connectivity index (χ1n) is 18.6. The van der Waals surface area contributed by atoms with Gasteiger partial charge in [0.25, 0.3) is 0 Å². The Labute approximate surface area is 314 Å². The molecule has 2 aromatic heterocycles. The van der Waals surface area contributed by atoms with Gasteiger partial charge < -0.3 is 29.7 Å². The number of alkyl halides is 3. The van der Waals surface area contributed by atoms with Crippen LogP contribution in [0, 0.1) is 29.4 Å². The smallest absolute Gasteiger partial charge is 0.417 e. The Balaban J connectivity index is 1.22. The van der Waals surface area contributed by atoms with Crippen molar-refractivity contribution in [3.05, 3.63) is 41.5 Å². The van der Waals surface area contributed by atoms with Crippen molar-refractivity contribution in [2.75, 3.05) is 38.3 Å². The molecule has 15 heteroatoms. The number of β-amino-alcohol motifs (C(OH)–C–C–N with tert-alkyl or cyclic N) is 1. The van der Waals surface area contributed by atoms with E-state index in [0.29, 0.717) is 31.3 Å². The van der Waals surface area contributed by atoms with Gasteiger partial charge in [-0.3, -0.25) is 4.90 Å². The number of aromatic nitrogens is 3. The first-order valence-corrected chi connectivity index (χ1v) is 18.6. The number of hydrogen-bond donors (Lipinski definition) is 3. The van der Waals surface area contributed by atoms with Gasteiger partial charge in [0, 0.05) is 54.4 Å².